The fraction of sp³-hybridized carbons (Fsp3) is 0.966. The highest BCUT2D eigenvalue weighted by atomic mass is 16.7. The fourth-order valence-corrected chi connectivity index (χ4v) is 4.87. The van der Waals surface area contributed by atoms with Crippen LogP contribution in [0.15, 0.2) is 0 Å². The van der Waals surface area contributed by atoms with Crippen LogP contribution >= 0.6 is 0 Å². The van der Waals surface area contributed by atoms with Crippen LogP contribution in [-0.4, -0.2) is 207 Å². The molecule has 0 aromatic heterocycles. The van der Waals surface area contributed by atoms with Gasteiger partial charge in [-0.05, 0) is 20.8 Å². The quantitative estimate of drug-likeness (QED) is 0.0390. The molecule has 0 aromatic carbocycles. The Morgan fingerprint density at radius 2 is 1.35 bits per heavy atom. The first kappa shape index (κ1) is 45.8. The molecular formula is C29H57NO19. The van der Waals surface area contributed by atoms with Crippen molar-refractivity contribution in [3.8, 4) is 0 Å². The van der Waals surface area contributed by atoms with Gasteiger partial charge in [-0.1, -0.05) is 0 Å². The van der Waals surface area contributed by atoms with Crippen molar-refractivity contribution >= 4 is 5.91 Å². The summed E-state index contributed by atoms with van der Waals surface area (Å²) in [7, 11) is 1.28. The van der Waals surface area contributed by atoms with Gasteiger partial charge >= 0.3 is 0 Å². The lowest BCUT2D eigenvalue weighted by Gasteiger charge is -2.45. The highest BCUT2D eigenvalue weighted by molar-refractivity contribution is 5.73. The first-order chi connectivity index (χ1) is 23.1. The van der Waals surface area contributed by atoms with Crippen LogP contribution in [0.25, 0.3) is 0 Å². The Morgan fingerprint density at radius 1 is 0.755 bits per heavy atom. The largest absolute Gasteiger partial charge is 0.394 e. The minimum Gasteiger partial charge on any atom is -0.394 e. The molecule has 0 aromatic rings. The summed E-state index contributed by atoms with van der Waals surface area (Å²) < 4.78 is 39.5. The molecule has 1 aliphatic rings. The predicted octanol–water partition coefficient (Wildman–Crippen LogP) is -5.98. The van der Waals surface area contributed by atoms with Gasteiger partial charge in [-0.3, -0.25) is 4.79 Å². The molecule has 0 radical (unpaired) electrons. The van der Waals surface area contributed by atoms with E-state index in [1.807, 2.05) is 0 Å². The SMILES string of the molecule is COC(CO)[C@H](C[C@@H](C)O)OC1OC(CO)C(O)C(OC(OC(CO)[C@H](C)OC(OC(CO)[C@@H](C)O)[C@@H](O)CO)[C@H](CO)NC(C)=O)[C@@H]1O. The van der Waals surface area contributed by atoms with Gasteiger partial charge in [-0.25, -0.2) is 0 Å². The molecule has 0 bridgehead atoms. The van der Waals surface area contributed by atoms with Crippen LogP contribution in [0, 0.1) is 0 Å². The molecule has 1 aliphatic heterocycles. The van der Waals surface area contributed by atoms with E-state index in [2.05, 4.69) is 5.32 Å². The van der Waals surface area contributed by atoms with Crippen molar-refractivity contribution in [1.82, 2.24) is 5.32 Å². The topological polar surface area (TPSA) is 316 Å². The highest BCUT2D eigenvalue weighted by Gasteiger charge is 2.49. The third-order valence-electron chi connectivity index (χ3n) is 7.70. The van der Waals surface area contributed by atoms with Gasteiger partial charge in [0.05, 0.1) is 64.1 Å². The molecule has 292 valence electrons. The average molecular weight is 724 g/mol. The van der Waals surface area contributed by atoms with Crippen LogP contribution in [0.5, 0.6) is 0 Å². The Balaban J connectivity index is 3.43. The van der Waals surface area contributed by atoms with Crippen LogP contribution in [0.4, 0.5) is 0 Å². The van der Waals surface area contributed by atoms with Gasteiger partial charge in [-0.2, -0.15) is 0 Å². The molecule has 0 aliphatic carbocycles. The zero-order valence-electron chi connectivity index (χ0n) is 28.4. The number of hydrogen-bond donors (Lipinski definition) is 12. The van der Waals surface area contributed by atoms with Gasteiger partial charge in [0.25, 0.3) is 0 Å². The molecule has 1 amide bonds. The standard InChI is InChI=1S/C29H57NO19/c1-13(37)6-19(22(11-35)43-5)45-29-25(42)26(24(41)23(12-36)48-29)49-27(17(7-31)30-16(4)39)47-21(10-34)15(3)44-28(18(40)8-32)46-20(9-33)14(2)38/h13-15,17-29,31-38,40-42H,6-12H2,1-5H3,(H,30,39)/t13-,14-,15+,17+,18+,19+,20?,21?,22?,23?,24?,25+,26?,27?,28?,29?/m1/s1. The molecule has 0 spiro atoms. The zero-order chi connectivity index (χ0) is 37.4. The summed E-state index contributed by atoms with van der Waals surface area (Å²) in [6.07, 6.45) is -21.9. The average Bonchev–Trinajstić information content (AvgIpc) is 3.05. The maximum absolute atomic E-state index is 12.0. The minimum absolute atomic E-state index is 0.0909. The maximum atomic E-state index is 12.0. The molecule has 9 unspecified atom stereocenters. The highest BCUT2D eigenvalue weighted by Crippen LogP contribution is 2.29. The smallest absolute Gasteiger partial charge is 0.217 e. The Kier molecular flexibility index (Phi) is 21.8. The van der Waals surface area contributed by atoms with Crippen LogP contribution in [0.2, 0.25) is 0 Å². The molecule has 1 saturated heterocycles. The summed E-state index contributed by atoms with van der Waals surface area (Å²) in [5.41, 5.74) is 0. The Morgan fingerprint density at radius 3 is 1.80 bits per heavy atom. The second-order valence-electron chi connectivity index (χ2n) is 11.8. The Labute approximate surface area is 284 Å². The summed E-state index contributed by atoms with van der Waals surface area (Å²) in [6.45, 7) is 0.659. The molecular weight excluding hydrogens is 666 g/mol. The van der Waals surface area contributed by atoms with E-state index in [0.717, 1.165) is 6.92 Å². The fourth-order valence-electron chi connectivity index (χ4n) is 4.87. The number of ether oxygens (including phenoxy) is 7. The van der Waals surface area contributed by atoms with Gasteiger partial charge in [-0.15, -0.1) is 0 Å². The number of aliphatic hydroxyl groups is 11. The number of nitrogens with one attached hydrogen (secondary N) is 1. The lowest BCUT2D eigenvalue weighted by atomic mass is 9.98. The number of carbonyl (C=O) groups is 1. The van der Waals surface area contributed by atoms with Gasteiger partial charge in [0.1, 0.15) is 54.9 Å². The normalized spacial score (nSPS) is 28.4. The summed E-state index contributed by atoms with van der Waals surface area (Å²) in [5, 5.41) is 114. The van der Waals surface area contributed by atoms with Gasteiger partial charge in [0, 0.05) is 20.5 Å². The molecule has 1 fully saturated rings. The van der Waals surface area contributed by atoms with E-state index in [4.69, 9.17) is 33.2 Å². The molecule has 20 heteroatoms. The van der Waals surface area contributed by atoms with Crippen molar-refractivity contribution < 1.29 is 94.1 Å². The molecule has 1 rings (SSSR count). The van der Waals surface area contributed by atoms with E-state index in [1.165, 1.54) is 27.9 Å². The lowest BCUT2D eigenvalue weighted by molar-refractivity contribution is -0.349. The second-order valence-corrected chi connectivity index (χ2v) is 11.8. The summed E-state index contributed by atoms with van der Waals surface area (Å²) >= 11 is 0. The molecule has 0 saturated carbocycles. The van der Waals surface area contributed by atoms with Crippen LogP contribution in [0.1, 0.15) is 34.1 Å². The lowest BCUT2D eigenvalue weighted by Crippen LogP contribution is -2.63. The van der Waals surface area contributed by atoms with Crippen molar-refractivity contribution in [3.05, 3.63) is 0 Å². The van der Waals surface area contributed by atoms with Crippen LogP contribution in [-0.2, 0) is 38.0 Å². The summed E-state index contributed by atoms with van der Waals surface area (Å²) in [6, 6.07) is -1.41. The van der Waals surface area contributed by atoms with Gasteiger partial charge in [0.15, 0.2) is 18.9 Å². The molecule has 49 heavy (non-hydrogen) atoms. The van der Waals surface area contributed by atoms with Crippen molar-refractivity contribution in [1.29, 1.82) is 0 Å². The van der Waals surface area contributed by atoms with E-state index >= 15 is 0 Å². The molecule has 1 heterocycles. The van der Waals surface area contributed by atoms with E-state index in [-0.39, 0.29) is 6.42 Å². The zero-order valence-corrected chi connectivity index (χ0v) is 28.4. The number of carbonyl (C=O) groups excluding carboxylic acids is 1. The van der Waals surface area contributed by atoms with Crippen molar-refractivity contribution in [2.75, 3.05) is 46.8 Å². The number of aliphatic hydroxyl groups excluding tert-OH is 11. The van der Waals surface area contributed by atoms with Crippen molar-refractivity contribution in [3.63, 3.8) is 0 Å². The summed E-state index contributed by atoms with van der Waals surface area (Å²) in [5.74, 6) is -0.660. The third kappa shape index (κ3) is 14.4. The first-order valence-corrected chi connectivity index (χ1v) is 15.9. The van der Waals surface area contributed by atoms with Crippen molar-refractivity contribution in [2.24, 2.45) is 0 Å². The summed E-state index contributed by atoms with van der Waals surface area (Å²) in [4.78, 5) is 12.0. The Hall–Kier alpha value is -1.25. The van der Waals surface area contributed by atoms with E-state index in [9.17, 15) is 61.0 Å². The Bertz CT molecular complexity index is 885. The number of amides is 1. The van der Waals surface area contributed by atoms with Crippen LogP contribution < -0.4 is 5.32 Å². The second kappa shape index (κ2) is 23.3. The van der Waals surface area contributed by atoms with Crippen molar-refractivity contribution in [2.45, 2.75) is 132 Å². The van der Waals surface area contributed by atoms with Gasteiger partial charge in [0.2, 0.25) is 5.91 Å². The maximum Gasteiger partial charge on any atom is 0.217 e. The van der Waals surface area contributed by atoms with E-state index in [1.54, 1.807) is 0 Å². The minimum atomic E-state index is -1.87. The monoisotopic (exact) mass is 723 g/mol. The molecule has 20 nitrogen and oxygen atoms in total. The van der Waals surface area contributed by atoms with Gasteiger partial charge < -0.3 is 94.6 Å². The number of hydrogen-bond acceptors (Lipinski definition) is 19. The molecule has 16 atom stereocenters. The predicted molar refractivity (Wildman–Crippen MR) is 163 cm³/mol. The number of methoxy groups -OCH3 is 1. The molecule has 12 N–H and O–H groups in total. The third-order valence-corrected chi connectivity index (χ3v) is 7.70. The van der Waals surface area contributed by atoms with E-state index in [0.29, 0.717) is 0 Å². The number of rotatable bonds is 25. The first-order valence-electron chi connectivity index (χ1n) is 15.9. The van der Waals surface area contributed by atoms with Crippen LogP contribution in [0.3, 0.4) is 0 Å². The van der Waals surface area contributed by atoms with E-state index < -0.39 is 144 Å².